The Morgan fingerprint density at radius 2 is 1.56 bits per heavy atom. The summed E-state index contributed by atoms with van der Waals surface area (Å²) in [6.45, 7) is 17.4. The fourth-order valence-electron chi connectivity index (χ4n) is 5.09. The molecule has 3 unspecified atom stereocenters. The molecule has 0 saturated heterocycles. The van der Waals surface area contributed by atoms with Crippen molar-refractivity contribution in [3.8, 4) is 0 Å². The number of nitrogens with one attached hydrogen (secondary N) is 2. The van der Waals surface area contributed by atoms with Crippen LogP contribution in [0.5, 0.6) is 0 Å². The molecule has 1 fully saturated rings. The highest BCUT2D eigenvalue weighted by Gasteiger charge is 2.44. The smallest absolute Gasteiger partial charge is 0.408 e. The highest BCUT2D eigenvalue weighted by Crippen LogP contribution is 2.34. The van der Waals surface area contributed by atoms with E-state index in [1.54, 1.807) is 25.7 Å². The quantitative estimate of drug-likeness (QED) is 0.325. The Morgan fingerprint density at radius 1 is 0.974 bits per heavy atom. The van der Waals surface area contributed by atoms with Gasteiger partial charge in [-0.05, 0) is 77.3 Å². The van der Waals surface area contributed by atoms with Crippen molar-refractivity contribution >= 4 is 17.9 Å². The third-order valence-corrected chi connectivity index (χ3v) is 8.07. The van der Waals surface area contributed by atoms with Crippen LogP contribution in [0.3, 0.4) is 0 Å². The van der Waals surface area contributed by atoms with Crippen LogP contribution in [0.2, 0.25) is 0 Å². The molecule has 1 aliphatic rings. The molecule has 3 atom stereocenters. The lowest BCUT2D eigenvalue weighted by atomic mass is 9.88. The van der Waals surface area contributed by atoms with Gasteiger partial charge in [0.25, 0.3) is 0 Å². The molecule has 39 heavy (non-hydrogen) atoms. The highest BCUT2D eigenvalue weighted by molar-refractivity contribution is 5.93. The molecule has 7 heteroatoms. The number of nitrogens with zero attached hydrogens (tertiary/aromatic N) is 1. The summed E-state index contributed by atoms with van der Waals surface area (Å²) < 4.78 is 5.52. The number of carbonyl (C=O) groups is 3. The Labute approximate surface area is 236 Å². The van der Waals surface area contributed by atoms with Gasteiger partial charge < -0.3 is 20.3 Å². The van der Waals surface area contributed by atoms with Gasteiger partial charge in [0.1, 0.15) is 17.7 Å². The fourth-order valence-corrected chi connectivity index (χ4v) is 5.09. The van der Waals surface area contributed by atoms with Crippen molar-refractivity contribution < 1.29 is 19.1 Å². The summed E-state index contributed by atoms with van der Waals surface area (Å²) in [6, 6.07) is 6.44. The van der Waals surface area contributed by atoms with E-state index in [0.717, 1.165) is 37.7 Å². The molecule has 0 aromatic heterocycles. The Morgan fingerprint density at radius 3 is 2.05 bits per heavy atom. The van der Waals surface area contributed by atoms with Crippen molar-refractivity contribution in [2.75, 3.05) is 0 Å². The lowest BCUT2D eigenvalue weighted by Gasteiger charge is -2.45. The van der Waals surface area contributed by atoms with Crippen molar-refractivity contribution in [1.82, 2.24) is 15.5 Å². The van der Waals surface area contributed by atoms with Gasteiger partial charge in [-0.3, -0.25) is 9.59 Å². The third kappa shape index (κ3) is 9.25. The topological polar surface area (TPSA) is 87.7 Å². The maximum atomic E-state index is 14.6. The van der Waals surface area contributed by atoms with Crippen molar-refractivity contribution in [1.29, 1.82) is 0 Å². The Kier molecular flexibility index (Phi) is 11.9. The van der Waals surface area contributed by atoms with Crippen LogP contribution >= 0.6 is 0 Å². The van der Waals surface area contributed by atoms with Crippen molar-refractivity contribution in [3.63, 3.8) is 0 Å². The van der Waals surface area contributed by atoms with E-state index in [1.807, 2.05) is 58.9 Å². The summed E-state index contributed by atoms with van der Waals surface area (Å²) in [5.74, 6) is -0.601. The predicted molar refractivity (Wildman–Crippen MR) is 157 cm³/mol. The van der Waals surface area contributed by atoms with Crippen LogP contribution < -0.4 is 10.6 Å². The van der Waals surface area contributed by atoms with Crippen LogP contribution in [0.25, 0.3) is 0 Å². The molecule has 220 valence electrons. The van der Waals surface area contributed by atoms with E-state index in [0.29, 0.717) is 12.8 Å². The van der Waals surface area contributed by atoms with E-state index >= 15 is 0 Å². The first-order valence-electron chi connectivity index (χ1n) is 15.0. The zero-order valence-electron chi connectivity index (χ0n) is 25.9. The molecule has 0 aliphatic heterocycles. The second-order valence-electron chi connectivity index (χ2n) is 12.7. The number of amides is 3. The number of aryl methyl sites for hydroxylation is 1. The monoisotopic (exact) mass is 543 g/mol. The van der Waals surface area contributed by atoms with Gasteiger partial charge in [0.15, 0.2) is 0 Å². The van der Waals surface area contributed by atoms with Crippen molar-refractivity contribution in [3.05, 3.63) is 35.4 Å². The second-order valence-corrected chi connectivity index (χ2v) is 12.7. The van der Waals surface area contributed by atoms with Crippen LogP contribution in [0.4, 0.5) is 4.79 Å². The average Bonchev–Trinajstić information content (AvgIpc) is 2.89. The van der Waals surface area contributed by atoms with E-state index in [2.05, 4.69) is 17.6 Å². The minimum absolute atomic E-state index is 0.107. The molecule has 0 radical (unpaired) electrons. The minimum Gasteiger partial charge on any atom is -0.444 e. The molecule has 2 rings (SSSR count). The molecule has 1 aromatic rings. The van der Waals surface area contributed by atoms with Gasteiger partial charge in [-0.1, -0.05) is 77.6 Å². The van der Waals surface area contributed by atoms with E-state index in [4.69, 9.17) is 4.74 Å². The summed E-state index contributed by atoms with van der Waals surface area (Å²) >= 11 is 0. The number of carbonyl (C=O) groups excluding carboxylic acids is 3. The van der Waals surface area contributed by atoms with Gasteiger partial charge >= 0.3 is 6.09 Å². The molecule has 1 aliphatic carbocycles. The lowest BCUT2D eigenvalue weighted by molar-refractivity contribution is -0.150. The zero-order chi connectivity index (χ0) is 29.4. The third-order valence-electron chi connectivity index (χ3n) is 8.07. The molecule has 1 saturated carbocycles. The normalized spacial score (nSPS) is 17.1. The Hall–Kier alpha value is -2.57. The summed E-state index contributed by atoms with van der Waals surface area (Å²) in [5.41, 5.74) is 0.590. The minimum atomic E-state index is -0.837. The molecule has 2 N–H and O–H groups in total. The van der Waals surface area contributed by atoms with Crippen LogP contribution in [0.15, 0.2) is 24.3 Å². The molecule has 3 amide bonds. The van der Waals surface area contributed by atoms with Gasteiger partial charge in [0.05, 0.1) is 0 Å². The first kappa shape index (κ1) is 32.6. The molecule has 7 nitrogen and oxygen atoms in total. The van der Waals surface area contributed by atoms with Crippen molar-refractivity contribution in [2.24, 2.45) is 5.92 Å². The van der Waals surface area contributed by atoms with Crippen LogP contribution in [-0.4, -0.2) is 46.0 Å². The van der Waals surface area contributed by atoms with Gasteiger partial charge in [-0.25, -0.2) is 4.79 Å². The van der Waals surface area contributed by atoms with Gasteiger partial charge in [-0.15, -0.1) is 0 Å². The van der Waals surface area contributed by atoms with Gasteiger partial charge in [0.2, 0.25) is 11.8 Å². The molecule has 0 bridgehead atoms. The molecule has 0 spiro atoms. The van der Waals surface area contributed by atoms with E-state index in [-0.39, 0.29) is 23.8 Å². The number of hydrogen-bond donors (Lipinski definition) is 2. The largest absolute Gasteiger partial charge is 0.444 e. The SMILES string of the molecule is CCc1ccc(C(C(=O)NC2CCCCC2)N(C(=O)C(NC(=O)OC(C)(C)C)C(C)CC)C(C)(C)CC)cc1. The van der Waals surface area contributed by atoms with Crippen LogP contribution in [0, 0.1) is 5.92 Å². The van der Waals surface area contributed by atoms with E-state index in [1.165, 1.54) is 12.0 Å². The van der Waals surface area contributed by atoms with Crippen LogP contribution in [-0.2, 0) is 20.7 Å². The zero-order valence-corrected chi connectivity index (χ0v) is 25.9. The summed E-state index contributed by atoms with van der Waals surface area (Å²) in [6.07, 6.45) is 6.86. The number of hydrogen-bond acceptors (Lipinski definition) is 4. The van der Waals surface area contributed by atoms with Gasteiger partial charge in [-0.2, -0.15) is 0 Å². The Balaban J connectivity index is 2.59. The first-order valence-corrected chi connectivity index (χ1v) is 15.0. The predicted octanol–water partition coefficient (Wildman–Crippen LogP) is 6.70. The number of rotatable bonds is 11. The highest BCUT2D eigenvalue weighted by atomic mass is 16.6. The summed E-state index contributed by atoms with van der Waals surface area (Å²) in [5, 5.41) is 6.15. The maximum absolute atomic E-state index is 14.6. The standard InChI is InChI=1S/C32H53N3O4/c1-10-22(4)26(34-30(38)39-31(5,6)7)29(37)35(32(8,9)12-3)27(24-20-18-23(11-2)19-21-24)28(36)33-25-16-14-13-15-17-25/h18-22,25-27H,10-17H2,1-9H3,(H,33,36)(H,34,38). The average molecular weight is 544 g/mol. The molecular formula is C32H53N3O4. The van der Waals surface area contributed by atoms with Crippen LogP contribution in [0.1, 0.15) is 124 Å². The number of ether oxygens (including phenoxy) is 1. The fraction of sp³-hybridized carbons (Fsp3) is 0.719. The first-order chi connectivity index (χ1) is 18.2. The molecule has 0 heterocycles. The molecular weight excluding hydrogens is 490 g/mol. The number of benzene rings is 1. The lowest BCUT2D eigenvalue weighted by Crippen LogP contribution is -2.61. The maximum Gasteiger partial charge on any atom is 0.408 e. The van der Waals surface area contributed by atoms with E-state index < -0.39 is 29.3 Å². The summed E-state index contributed by atoms with van der Waals surface area (Å²) in [4.78, 5) is 43.3. The van der Waals surface area contributed by atoms with E-state index in [9.17, 15) is 14.4 Å². The summed E-state index contributed by atoms with van der Waals surface area (Å²) in [7, 11) is 0. The second kappa shape index (κ2) is 14.2. The van der Waals surface area contributed by atoms with Gasteiger partial charge in [0, 0.05) is 11.6 Å². The molecule has 1 aromatic carbocycles. The number of alkyl carbamates (subject to hydrolysis) is 1. The Bertz CT molecular complexity index is 945. The van der Waals surface area contributed by atoms with Crippen molar-refractivity contribution in [2.45, 2.75) is 143 Å².